The number of benzene rings is 1. The minimum absolute atomic E-state index is 0.630. The minimum atomic E-state index is 0.630. The van der Waals surface area contributed by atoms with Crippen LogP contribution in [0.3, 0.4) is 0 Å². The molecule has 0 unspecified atom stereocenters. The number of hydrogen-bond acceptors (Lipinski definition) is 4. The SMILES string of the molecule is N#Cc1ccc2c(c1)nnn2CN1CCCC1. The molecule has 0 aliphatic carbocycles. The Morgan fingerprint density at radius 3 is 2.88 bits per heavy atom. The van der Waals surface area contributed by atoms with Gasteiger partial charge in [-0.25, -0.2) is 4.68 Å². The highest BCUT2D eigenvalue weighted by Crippen LogP contribution is 2.15. The van der Waals surface area contributed by atoms with Gasteiger partial charge in [0.25, 0.3) is 0 Å². The quantitative estimate of drug-likeness (QED) is 0.777. The van der Waals surface area contributed by atoms with Crippen LogP contribution in [0.5, 0.6) is 0 Å². The van der Waals surface area contributed by atoms with E-state index in [0.29, 0.717) is 5.56 Å². The third-order valence-electron chi connectivity index (χ3n) is 3.18. The number of likely N-dealkylation sites (tertiary alicyclic amines) is 1. The zero-order valence-corrected chi connectivity index (χ0v) is 9.50. The number of hydrogen-bond donors (Lipinski definition) is 0. The number of nitriles is 1. The zero-order valence-electron chi connectivity index (χ0n) is 9.50. The second kappa shape index (κ2) is 4.15. The van der Waals surface area contributed by atoms with Crippen LogP contribution in [0.1, 0.15) is 18.4 Å². The van der Waals surface area contributed by atoms with Crippen LogP contribution in [0.15, 0.2) is 18.2 Å². The topological polar surface area (TPSA) is 57.7 Å². The van der Waals surface area contributed by atoms with Crippen LogP contribution in [-0.2, 0) is 6.67 Å². The molecule has 1 saturated heterocycles. The molecule has 86 valence electrons. The Kier molecular flexibility index (Phi) is 2.50. The highest BCUT2D eigenvalue weighted by Gasteiger charge is 2.14. The summed E-state index contributed by atoms with van der Waals surface area (Å²) >= 11 is 0. The predicted molar refractivity (Wildman–Crippen MR) is 63.1 cm³/mol. The molecule has 0 bridgehead atoms. The molecule has 0 atom stereocenters. The van der Waals surface area contributed by atoms with Crippen LogP contribution in [-0.4, -0.2) is 33.0 Å². The zero-order chi connectivity index (χ0) is 11.7. The Bertz CT molecular complexity index is 574. The van der Waals surface area contributed by atoms with Gasteiger partial charge in [0.15, 0.2) is 0 Å². The van der Waals surface area contributed by atoms with Crippen LogP contribution in [0.2, 0.25) is 0 Å². The minimum Gasteiger partial charge on any atom is -0.284 e. The first-order valence-electron chi connectivity index (χ1n) is 5.82. The van der Waals surface area contributed by atoms with E-state index in [2.05, 4.69) is 21.3 Å². The van der Waals surface area contributed by atoms with Gasteiger partial charge in [-0.3, -0.25) is 4.90 Å². The average molecular weight is 227 g/mol. The van der Waals surface area contributed by atoms with Crippen molar-refractivity contribution < 1.29 is 0 Å². The third-order valence-corrected chi connectivity index (χ3v) is 3.18. The van der Waals surface area contributed by atoms with E-state index >= 15 is 0 Å². The van der Waals surface area contributed by atoms with Gasteiger partial charge in [0.05, 0.1) is 23.8 Å². The number of aromatic nitrogens is 3. The summed E-state index contributed by atoms with van der Waals surface area (Å²) in [6, 6.07) is 7.63. The van der Waals surface area contributed by atoms with E-state index < -0.39 is 0 Å². The maximum absolute atomic E-state index is 8.82. The predicted octanol–water partition coefficient (Wildman–Crippen LogP) is 1.36. The van der Waals surface area contributed by atoms with Crippen molar-refractivity contribution in [2.24, 2.45) is 0 Å². The van der Waals surface area contributed by atoms with Crippen molar-refractivity contribution in [2.45, 2.75) is 19.5 Å². The van der Waals surface area contributed by atoms with Gasteiger partial charge in [-0.1, -0.05) is 5.21 Å². The Balaban J connectivity index is 1.92. The Hall–Kier alpha value is -1.93. The lowest BCUT2D eigenvalue weighted by molar-refractivity contribution is 0.257. The third kappa shape index (κ3) is 1.87. The van der Waals surface area contributed by atoms with Gasteiger partial charge in [0.1, 0.15) is 5.52 Å². The summed E-state index contributed by atoms with van der Waals surface area (Å²) in [5.41, 5.74) is 2.42. The lowest BCUT2D eigenvalue weighted by Crippen LogP contribution is -2.23. The van der Waals surface area contributed by atoms with Gasteiger partial charge >= 0.3 is 0 Å². The van der Waals surface area contributed by atoms with E-state index in [9.17, 15) is 0 Å². The number of fused-ring (bicyclic) bond motifs is 1. The first-order valence-corrected chi connectivity index (χ1v) is 5.82. The summed E-state index contributed by atoms with van der Waals surface area (Å²) in [7, 11) is 0. The average Bonchev–Trinajstić information content (AvgIpc) is 2.99. The van der Waals surface area contributed by atoms with Gasteiger partial charge < -0.3 is 0 Å². The monoisotopic (exact) mass is 227 g/mol. The van der Waals surface area contributed by atoms with E-state index in [1.165, 1.54) is 12.8 Å². The van der Waals surface area contributed by atoms with Gasteiger partial charge in [0.2, 0.25) is 0 Å². The molecule has 5 heteroatoms. The summed E-state index contributed by atoms with van der Waals surface area (Å²) in [5.74, 6) is 0. The molecule has 0 spiro atoms. The Labute approximate surface area is 99.2 Å². The summed E-state index contributed by atoms with van der Waals surface area (Å²) in [4.78, 5) is 2.37. The Morgan fingerprint density at radius 1 is 1.29 bits per heavy atom. The van der Waals surface area contributed by atoms with Crippen molar-refractivity contribution in [3.05, 3.63) is 23.8 Å². The summed E-state index contributed by atoms with van der Waals surface area (Å²) < 4.78 is 1.90. The van der Waals surface area contributed by atoms with Gasteiger partial charge in [0, 0.05) is 0 Å². The maximum Gasteiger partial charge on any atom is 0.114 e. The van der Waals surface area contributed by atoms with Crippen molar-refractivity contribution in [1.82, 2.24) is 19.9 Å². The van der Waals surface area contributed by atoms with Crippen molar-refractivity contribution in [2.75, 3.05) is 13.1 Å². The smallest absolute Gasteiger partial charge is 0.114 e. The van der Waals surface area contributed by atoms with E-state index in [4.69, 9.17) is 5.26 Å². The highest BCUT2D eigenvalue weighted by atomic mass is 15.5. The van der Waals surface area contributed by atoms with Crippen molar-refractivity contribution in [3.63, 3.8) is 0 Å². The van der Waals surface area contributed by atoms with Crippen LogP contribution in [0, 0.1) is 11.3 Å². The highest BCUT2D eigenvalue weighted by molar-refractivity contribution is 5.75. The van der Waals surface area contributed by atoms with Crippen molar-refractivity contribution >= 4 is 11.0 Å². The molecule has 0 radical (unpaired) electrons. The van der Waals surface area contributed by atoms with Crippen molar-refractivity contribution in [1.29, 1.82) is 5.26 Å². The normalized spacial score (nSPS) is 16.4. The first-order chi connectivity index (χ1) is 8.36. The molecule has 1 aliphatic rings. The standard InChI is InChI=1S/C12H13N5/c13-8-10-3-4-12-11(7-10)14-15-17(12)9-16-5-1-2-6-16/h3-4,7H,1-2,5-6,9H2. The number of nitrogens with zero attached hydrogens (tertiary/aromatic N) is 5. The molecule has 1 aliphatic heterocycles. The molecule has 1 fully saturated rings. The van der Waals surface area contributed by atoms with E-state index in [1.54, 1.807) is 6.07 Å². The van der Waals surface area contributed by atoms with Crippen LogP contribution < -0.4 is 0 Å². The van der Waals surface area contributed by atoms with E-state index in [1.807, 2.05) is 16.8 Å². The molecule has 1 aromatic heterocycles. The van der Waals surface area contributed by atoms with Crippen LogP contribution in [0.25, 0.3) is 11.0 Å². The maximum atomic E-state index is 8.82. The fourth-order valence-electron chi connectivity index (χ4n) is 2.26. The molecule has 5 nitrogen and oxygen atoms in total. The molecule has 0 saturated carbocycles. The van der Waals surface area contributed by atoms with Crippen molar-refractivity contribution in [3.8, 4) is 6.07 Å². The van der Waals surface area contributed by atoms with E-state index in [0.717, 1.165) is 30.8 Å². The van der Waals surface area contributed by atoms with Gasteiger partial charge in [-0.2, -0.15) is 5.26 Å². The summed E-state index contributed by atoms with van der Waals surface area (Å²) in [6.07, 6.45) is 2.54. The summed E-state index contributed by atoms with van der Waals surface area (Å²) in [5, 5.41) is 17.1. The van der Waals surface area contributed by atoms with Crippen LogP contribution in [0.4, 0.5) is 0 Å². The molecule has 2 aromatic rings. The largest absolute Gasteiger partial charge is 0.284 e. The fraction of sp³-hybridized carbons (Fsp3) is 0.417. The molecular weight excluding hydrogens is 214 g/mol. The first kappa shape index (κ1) is 10.2. The molecular formula is C12H13N5. The van der Waals surface area contributed by atoms with E-state index in [-0.39, 0.29) is 0 Å². The van der Waals surface area contributed by atoms with Gasteiger partial charge in [-0.15, -0.1) is 5.10 Å². The second-order valence-electron chi connectivity index (χ2n) is 4.37. The molecule has 17 heavy (non-hydrogen) atoms. The van der Waals surface area contributed by atoms with Crippen LogP contribution >= 0.6 is 0 Å². The molecule has 2 heterocycles. The lowest BCUT2D eigenvalue weighted by atomic mass is 10.2. The fourth-order valence-corrected chi connectivity index (χ4v) is 2.26. The summed E-state index contributed by atoms with van der Waals surface area (Å²) in [6.45, 7) is 3.07. The molecule has 0 amide bonds. The molecule has 0 N–H and O–H groups in total. The lowest BCUT2D eigenvalue weighted by Gasteiger charge is -2.14. The molecule has 1 aromatic carbocycles. The number of rotatable bonds is 2. The Morgan fingerprint density at radius 2 is 2.12 bits per heavy atom. The molecule has 3 rings (SSSR count). The second-order valence-corrected chi connectivity index (χ2v) is 4.37. The van der Waals surface area contributed by atoms with Gasteiger partial charge in [-0.05, 0) is 44.1 Å².